The van der Waals surface area contributed by atoms with E-state index in [1.165, 1.54) is 12.5 Å². The summed E-state index contributed by atoms with van der Waals surface area (Å²) in [6, 6.07) is 14.4. The Kier molecular flexibility index (Phi) is 6.09. The fourth-order valence-electron chi connectivity index (χ4n) is 3.45. The van der Waals surface area contributed by atoms with Gasteiger partial charge in [-0.3, -0.25) is 14.4 Å². The Hall–Kier alpha value is -3.15. The first kappa shape index (κ1) is 19.6. The Balaban J connectivity index is 1.58. The van der Waals surface area contributed by atoms with Gasteiger partial charge in [-0.05, 0) is 49.1 Å². The van der Waals surface area contributed by atoms with Crippen LogP contribution in [0.25, 0.3) is 0 Å². The summed E-state index contributed by atoms with van der Waals surface area (Å²) in [4.78, 5) is 38.1. The van der Waals surface area contributed by atoms with Crippen LogP contribution in [0.1, 0.15) is 31.4 Å². The van der Waals surface area contributed by atoms with Crippen molar-refractivity contribution in [2.75, 3.05) is 16.8 Å². The lowest BCUT2D eigenvalue weighted by Crippen LogP contribution is -2.49. The molecule has 2 N–H and O–H groups in total. The largest absolute Gasteiger partial charge is 0.344 e. The summed E-state index contributed by atoms with van der Waals surface area (Å²) in [7, 11) is 0. The third-order valence-corrected chi connectivity index (χ3v) is 4.76. The Morgan fingerprint density at radius 1 is 1.07 bits per heavy atom. The standard InChI is InChI=1S/C22H25N3O3/c1-15(22(28)25-13-5-7-18-6-3-4-8-20(18)25)23-21(27)14-17-9-11-19(12-10-17)24-16(2)26/h3-4,6,8-12,15H,5,7,13-14H2,1-2H3,(H,23,27)(H,24,26). The molecule has 3 amide bonds. The van der Waals surface area contributed by atoms with Gasteiger partial charge < -0.3 is 15.5 Å². The van der Waals surface area contributed by atoms with Crippen molar-refractivity contribution in [1.29, 1.82) is 0 Å². The van der Waals surface area contributed by atoms with Crippen LogP contribution in [-0.2, 0) is 27.2 Å². The quantitative estimate of drug-likeness (QED) is 0.838. The molecule has 0 saturated heterocycles. The topological polar surface area (TPSA) is 78.5 Å². The van der Waals surface area contributed by atoms with Crippen molar-refractivity contribution in [3.8, 4) is 0 Å². The van der Waals surface area contributed by atoms with Crippen LogP contribution in [0.5, 0.6) is 0 Å². The average Bonchev–Trinajstić information content (AvgIpc) is 2.68. The fourth-order valence-corrected chi connectivity index (χ4v) is 3.45. The highest BCUT2D eigenvalue weighted by molar-refractivity contribution is 6.00. The number of rotatable bonds is 5. The van der Waals surface area contributed by atoms with E-state index >= 15 is 0 Å². The smallest absolute Gasteiger partial charge is 0.249 e. The second kappa shape index (κ2) is 8.69. The minimum atomic E-state index is -0.600. The molecule has 1 heterocycles. The number of carbonyl (C=O) groups is 3. The first-order chi connectivity index (χ1) is 13.4. The van der Waals surface area contributed by atoms with E-state index in [1.54, 1.807) is 36.1 Å². The number of para-hydroxylation sites is 1. The molecule has 2 aromatic carbocycles. The van der Waals surface area contributed by atoms with Gasteiger partial charge in [-0.1, -0.05) is 30.3 Å². The number of nitrogens with one attached hydrogen (secondary N) is 2. The third kappa shape index (κ3) is 4.76. The van der Waals surface area contributed by atoms with Crippen LogP contribution in [0.3, 0.4) is 0 Å². The number of amides is 3. The minimum absolute atomic E-state index is 0.0958. The fraction of sp³-hybridized carbons (Fsp3) is 0.318. The van der Waals surface area contributed by atoms with Crippen molar-refractivity contribution >= 4 is 29.1 Å². The Morgan fingerprint density at radius 3 is 2.50 bits per heavy atom. The molecule has 1 unspecified atom stereocenters. The molecule has 1 aliphatic rings. The van der Waals surface area contributed by atoms with Crippen LogP contribution in [0, 0.1) is 0 Å². The number of aryl methyl sites for hydroxylation is 1. The highest BCUT2D eigenvalue weighted by atomic mass is 16.2. The number of nitrogens with zero attached hydrogens (tertiary/aromatic N) is 1. The van der Waals surface area contributed by atoms with Crippen molar-refractivity contribution in [1.82, 2.24) is 5.32 Å². The SMILES string of the molecule is CC(=O)Nc1ccc(CC(=O)NC(C)C(=O)N2CCCc3ccccc32)cc1. The predicted molar refractivity (Wildman–Crippen MR) is 109 cm³/mol. The van der Waals surface area contributed by atoms with Gasteiger partial charge in [-0.25, -0.2) is 0 Å². The lowest BCUT2D eigenvalue weighted by atomic mass is 10.0. The molecule has 0 bridgehead atoms. The molecule has 0 aliphatic carbocycles. The summed E-state index contributed by atoms with van der Waals surface area (Å²) in [5.41, 5.74) is 3.60. The Morgan fingerprint density at radius 2 is 1.79 bits per heavy atom. The molecular weight excluding hydrogens is 354 g/mol. The molecule has 6 heteroatoms. The summed E-state index contributed by atoms with van der Waals surface area (Å²) in [6.07, 6.45) is 2.06. The molecule has 146 valence electrons. The van der Waals surface area contributed by atoms with Gasteiger partial charge in [0, 0.05) is 24.8 Å². The van der Waals surface area contributed by atoms with E-state index in [1.807, 2.05) is 24.3 Å². The minimum Gasteiger partial charge on any atom is -0.344 e. The summed E-state index contributed by atoms with van der Waals surface area (Å²) in [6.45, 7) is 3.83. The Bertz CT molecular complexity index is 877. The molecule has 2 aromatic rings. The molecule has 0 fully saturated rings. The van der Waals surface area contributed by atoms with E-state index < -0.39 is 6.04 Å². The summed E-state index contributed by atoms with van der Waals surface area (Å²) in [5, 5.41) is 5.49. The van der Waals surface area contributed by atoms with Gasteiger partial charge in [0.25, 0.3) is 0 Å². The second-order valence-corrected chi connectivity index (χ2v) is 7.07. The van der Waals surface area contributed by atoms with Crippen LogP contribution < -0.4 is 15.5 Å². The number of carbonyl (C=O) groups excluding carboxylic acids is 3. The number of benzene rings is 2. The van der Waals surface area contributed by atoms with E-state index in [0.717, 1.165) is 24.1 Å². The maximum absolute atomic E-state index is 12.9. The molecule has 6 nitrogen and oxygen atoms in total. The number of hydrogen-bond donors (Lipinski definition) is 2. The van der Waals surface area contributed by atoms with E-state index in [2.05, 4.69) is 10.6 Å². The number of fused-ring (bicyclic) bond motifs is 1. The highest BCUT2D eigenvalue weighted by Crippen LogP contribution is 2.27. The Labute approximate surface area is 164 Å². The molecule has 28 heavy (non-hydrogen) atoms. The number of anilines is 2. The van der Waals surface area contributed by atoms with E-state index in [4.69, 9.17) is 0 Å². The van der Waals surface area contributed by atoms with E-state index in [9.17, 15) is 14.4 Å². The molecule has 1 aliphatic heterocycles. The average molecular weight is 379 g/mol. The predicted octanol–water partition coefficient (Wildman–Crippen LogP) is 2.67. The van der Waals surface area contributed by atoms with E-state index in [0.29, 0.717) is 12.2 Å². The number of hydrogen-bond acceptors (Lipinski definition) is 3. The van der Waals surface area contributed by atoms with Crippen molar-refractivity contribution in [2.24, 2.45) is 0 Å². The molecule has 0 saturated carbocycles. The van der Waals surface area contributed by atoms with Crippen molar-refractivity contribution in [2.45, 2.75) is 39.2 Å². The monoisotopic (exact) mass is 379 g/mol. The van der Waals surface area contributed by atoms with Crippen LogP contribution >= 0.6 is 0 Å². The zero-order valence-corrected chi connectivity index (χ0v) is 16.2. The zero-order chi connectivity index (χ0) is 20.1. The second-order valence-electron chi connectivity index (χ2n) is 7.07. The lowest BCUT2D eigenvalue weighted by Gasteiger charge is -2.31. The summed E-state index contributed by atoms with van der Waals surface area (Å²) in [5.74, 6) is -0.447. The van der Waals surface area contributed by atoms with Gasteiger partial charge in [-0.2, -0.15) is 0 Å². The molecular formula is C22H25N3O3. The van der Waals surface area contributed by atoms with Gasteiger partial charge in [0.1, 0.15) is 6.04 Å². The van der Waals surface area contributed by atoms with Crippen molar-refractivity contribution < 1.29 is 14.4 Å². The van der Waals surface area contributed by atoms with E-state index in [-0.39, 0.29) is 24.1 Å². The zero-order valence-electron chi connectivity index (χ0n) is 16.2. The maximum Gasteiger partial charge on any atom is 0.249 e. The molecule has 0 radical (unpaired) electrons. The van der Waals surface area contributed by atoms with Gasteiger partial charge in [-0.15, -0.1) is 0 Å². The lowest BCUT2D eigenvalue weighted by molar-refractivity contribution is -0.126. The molecule has 1 atom stereocenters. The molecule has 0 aromatic heterocycles. The molecule has 3 rings (SSSR count). The van der Waals surface area contributed by atoms with Crippen LogP contribution in [0.15, 0.2) is 48.5 Å². The normalized spacial score (nSPS) is 14.0. The highest BCUT2D eigenvalue weighted by Gasteiger charge is 2.26. The summed E-state index contributed by atoms with van der Waals surface area (Å²) >= 11 is 0. The summed E-state index contributed by atoms with van der Waals surface area (Å²) < 4.78 is 0. The maximum atomic E-state index is 12.9. The first-order valence-corrected chi connectivity index (χ1v) is 9.49. The van der Waals surface area contributed by atoms with Crippen molar-refractivity contribution in [3.63, 3.8) is 0 Å². The van der Waals surface area contributed by atoms with Gasteiger partial charge >= 0.3 is 0 Å². The van der Waals surface area contributed by atoms with Gasteiger partial charge in [0.2, 0.25) is 17.7 Å². The van der Waals surface area contributed by atoms with Crippen molar-refractivity contribution in [3.05, 3.63) is 59.7 Å². The first-order valence-electron chi connectivity index (χ1n) is 9.49. The van der Waals surface area contributed by atoms with Crippen LogP contribution in [0.4, 0.5) is 11.4 Å². The van der Waals surface area contributed by atoms with Gasteiger partial charge in [0.15, 0.2) is 0 Å². The molecule has 0 spiro atoms. The third-order valence-electron chi connectivity index (χ3n) is 4.76. The van der Waals surface area contributed by atoms with Crippen LogP contribution in [0.2, 0.25) is 0 Å². The van der Waals surface area contributed by atoms with Crippen LogP contribution in [-0.4, -0.2) is 30.3 Å². The van der Waals surface area contributed by atoms with Gasteiger partial charge in [0.05, 0.1) is 6.42 Å².